The van der Waals surface area contributed by atoms with Gasteiger partial charge in [-0.15, -0.1) is 0 Å². The summed E-state index contributed by atoms with van der Waals surface area (Å²) in [5, 5.41) is 4.75. The van der Waals surface area contributed by atoms with Crippen molar-refractivity contribution < 1.29 is 0 Å². The van der Waals surface area contributed by atoms with Gasteiger partial charge in [-0.25, -0.2) is 9.50 Å². The first-order valence-corrected chi connectivity index (χ1v) is 8.40. The van der Waals surface area contributed by atoms with E-state index in [2.05, 4.69) is 60.8 Å². The van der Waals surface area contributed by atoms with Crippen molar-refractivity contribution >= 4 is 5.65 Å². The molecule has 4 aromatic rings. The van der Waals surface area contributed by atoms with Crippen molar-refractivity contribution in [3.05, 3.63) is 78.6 Å². The topological polar surface area (TPSA) is 30.2 Å². The zero-order valence-corrected chi connectivity index (χ0v) is 13.3. The van der Waals surface area contributed by atoms with E-state index in [4.69, 9.17) is 10.1 Å². The van der Waals surface area contributed by atoms with Gasteiger partial charge >= 0.3 is 0 Å². The minimum atomic E-state index is 0.632. The Kier molecular flexibility index (Phi) is 2.98. The van der Waals surface area contributed by atoms with Crippen LogP contribution in [0.3, 0.4) is 0 Å². The Hall–Kier alpha value is -2.94. The van der Waals surface area contributed by atoms with Gasteiger partial charge in [0.2, 0.25) is 0 Å². The minimum Gasteiger partial charge on any atom is -0.228 e. The van der Waals surface area contributed by atoms with Crippen molar-refractivity contribution in [2.24, 2.45) is 0 Å². The fraction of sp³-hybridized carbons (Fsp3) is 0.143. The molecule has 1 aliphatic carbocycles. The summed E-state index contributed by atoms with van der Waals surface area (Å²) in [4.78, 5) is 4.95. The Labute approximate surface area is 140 Å². The maximum absolute atomic E-state index is 4.95. The average molecular weight is 311 g/mol. The van der Waals surface area contributed by atoms with Crippen molar-refractivity contribution in [3.8, 4) is 22.4 Å². The van der Waals surface area contributed by atoms with Gasteiger partial charge in [-0.05, 0) is 18.4 Å². The Bertz CT molecular complexity index is 923. The van der Waals surface area contributed by atoms with E-state index in [1.54, 1.807) is 0 Å². The van der Waals surface area contributed by atoms with Crippen LogP contribution in [0.25, 0.3) is 28.0 Å². The van der Waals surface area contributed by atoms with E-state index in [0.29, 0.717) is 5.92 Å². The maximum atomic E-state index is 4.95. The molecule has 0 radical (unpaired) electrons. The number of fused-ring (bicyclic) bond motifs is 1. The standard InChI is InChI=1S/C21H17N3/c1-3-7-15(8-4-1)18-14-24-20(13-19(23-24)16-11-12-16)22-21(18)17-9-5-2-6-10-17/h1-10,13-14,16H,11-12H2. The molecule has 2 aromatic carbocycles. The molecular formula is C21H17N3. The lowest BCUT2D eigenvalue weighted by atomic mass is 10.0. The summed E-state index contributed by atoms with van der Waals surface area (Å²) in [7, 11) is 0. The van der Waals surface area contributed by atoms with Crippen LogP contribution in [-0.2, 0) is 0 Å². The van der Waals surface area contributed by atoms with Crippen LogP contribution in [0, 0.1) is 0 Å². The predicted molar refractivity (Wildman–Crippen MR) is 95.8 cm³/mol. The highest BCUT2D eigenvalue weighted by Crippen LogP contribution is 2.40. The number of benzene rings is 2. The van der Waals surface area contributed by atoms with Crippen LogP contribution in [0.5, 0.6) is 0 Å². The normalized spacial score (nSPS) is 14.2. The van der Waals surface area contributed by atoms with Crippen LogP contribution in [0.2, 0.25) is 0 Å². The lowest BCUT2D eigenvalue weighted by molar-refractivity contribution is 0.883. The van der Waals surface area contributed by atoms with Gasteiger partial charge in [-0.2, -0.15) is 5.10 Å². The summed E-state index contributed by atoms with van der Waals surface area (Å²) in [6.07, 6.45) is 4.62. The quantitative estimate of drug-likeness (QED) is 0.536. The summed E-state index contributed by atoms with van der Waals surface area (Å²) in [6.45, 7) is 0. The minimum absolute atomic E-state index is 0.632. The van der Waals surface area contributed by atoms with Crippen LogP contribution < -0.4 is 0 Å². The molecule has 1 saturated carbocycles. The molecule has 2 aromatic heterocycles. The molecule has 116 valence electrons. The zero-order chi connectivity index (χ0) is 15.9. The first-order chi connectivity index (χ1) is 11.9. The summed E-state index contributed by atoms with van der Waals surface area (Å²) in [6, 6.07) is 22.9. The molecule has 0 saturated heterocycles. The van der Waals surface area contributed by atoms with Crippen molar-refractivity contribution in [1.82, 2.24) is 14.6 Å². The Morgan fingerprint density at radius 3 is 2.17 bits per heavy atom. The molecule has 24 heavy (non-hydrogen) atoms. The largest absolute Gasteiger partial charge is 0.228 e. The molecule has 5 rings (SSSR count). The third-order valence-electron chi connectivity index (χ3n) is 4.60. The van der Waals surface area contributed by atoms with Gasteiger partial charge < -0.3 is 0 Å². The maximum Gasteiger partial charge on any atom is 0.155 e. The van der Waals surface area contributed by atoms with Gasteiger partial charge in [0, 0.05) is 29.3 Å². The number of aromatic nitrogens is 3. The number of hydrogen-bond acceptors (Lipinski definition) is 2. The highest BCUT2D eigenvalue weighted by molar-refractivity contribution is 5.81. The van der Waals surface area contributed by atoms with Gasteiger partial charge in [-0.1, -0.05) is 60.7 Å². The summed E-state index contributed by atoms with van der Waals surface area (Å²) >= 11 is 0. The molecule has 0 aliphatic heterocycles. The third kappa shape index (κ3) is 2.29. The lowest BCUT2D eigenvalue weighted by Crippen LogP contribution is -1.97. The Balaban J connectivity index is 1.77. The summed E-state index contributed by atoms with van der Waals surface area (Å²) in [5.74, 6) is 0.632. The molecule has 1 fully saturated rings. The molecule has 3 nitrogen and oxygen atoms in total. The fourth-order valence-corrected chi connectivity index (χ4v) is 3.16. The molecule has 3 heteroatoms. The van der Waals surface area contributed by atoms with Crippen LogP contribution in [0.4, 0.5) is 0 Å². The van der Waals surface area contributed by atoms with E-state index < -0.39 is 0 Å². The second kappa shape index (κ2) is 5.31. The van der Waals surface area contributed by atoms with E-state index in [9.17, 15) is 0 Å². The van der Waals surface area contributed by atoms with Gasteiger partial charge in [0.1, 0.15) is 0 Å². The third-order valence-corrected chi connectivity index (χ3v) is 4.60. The summed E-state index contributed by atoms with van der Waals surface area (Å²) in [5.41, 5.74) is 6.51. The zero-order valence-electron chi connectivity index (χ0n) is 13.3. The van der Waals surface area contributed by atoms with Crippen LogP contribution >= 0.6 is 0 Å². The van der Waals surface area contributed by atoms with Crippen molar-refractivity contribution in [1.29, 1.82) is 0 Å². The predicted octanol–water partition coefficient (Wildman–Crippen LogP) is 4.94. The molecule has 0 atom stereocenters. The average Bonchev–Trinajstić information content (AvgIpc) is 3.42. The van der Waals surface area contributed by atoms with Gasteiger partial charge in [0.15, 0.2) is 5.65 Å². The number of nitrogens with zero attached hydrogens (tertiary/aromatic N) is 3. The first-order valence-electron chi connectivity index (χ1n) is 8.40. The second-order valence-corrected chi connectivity index (χ2v) is 6.38. The van der Waals surface area contributed by atoms with Gasteiger partial charge in [0.05, 0.1) is 11.4 Å². The smallest absolute Gasteiger partial charge is 0.155 e. The molecule has 0 amide bonds. The highest BCUT2D eigenvalue weighted by atomic mass is 15.3. The number of hydrogen-bond donors (Lipinski definition) is 0. The van der Waals surface area contributed by atoms with E-state index in [1.165, 1.54) is 18.5 Å². The molecule has 2 heterocycles. The summed E-state index contributed by atoms with van der Waals surface area (Å²) < 4.78 is 1.93. The molecule has 0 bridgehead atoms. The van der Waals surface area contributed by atoms with Crippen molar-refractivity contribution in [2.45, 2.75) is 18.8 Å². The number of rotatable bonds is 3. The van der Waals surface area contributed by atoms with Crippen LogP contribution in [0.15, 0.2) is 72.9 Å². The van der Waals surface area contributed by atoms with Crippen molar-refractivity contribution in [2.75, 3.05) is 0 Å². The Morgan fingerprint density at radius 1 is 0.833 bits per heavy atom. The highest BCUT2D eigenvalue weighted by Gasteiger charge is 2.27. The second-order valence-electron chi connectivity index (χ2n) is 6.38. The van der Waals surface area contributed by atoms with E-state index in [1.807, 2.05) is 16.6 Å². The Morgan fingerprint density at radius 2 is 1.50 bits per heavy atom. The van der Waals surface area contributed by atoms with Crippen molar-refractivity contribution in [3.63, 3.8) is 0 Å². The molecule has 0 N–H and O–H groups in total. The van der Waals surface area contributed by atoms with E-state index >= 15 is 0 Å². The van der Waals surface area contributed by atoms with E-state index in [-0.39, 0.29) is 0 Å². The monoisotopic (exact) mass is 311 g/mol. The molecule has 1 aliphatic rings. The fourth-order valence-electron chi connectivity index (χ4n) is 3.16. The lowest BCUT2D eigenvalue weighted by Gasteiger charge is -2.10. The molecular weight excluding hydrogens is 294 g/mol. The van der Waals surface area contributed by atoms with E-state index in [0.717, 1.165) is 28.0 Å². The van der Waals surface area contributed by atoms with Gasteiger partial charge in [0.25, 0.3) is 0 Å². The van der Waals surface area contributed by atoms with Gasteiger partial charge in [-0.3, -0.25) is 0 Å². The molecule has 0 unspecified atom stereocenters. The van der Waals surface area contributed by atoms with Crippen LogP contribution in [0.1, 0.15) is 24.5 Å². The first kappa shape index (κ1) is 13.5. The SMILES string of the molecule is c1ccc(-c2cn3nc(C4CC4)cc3nc2-c2ccccc2)cc1. The molecule has 0 spiro atoms. The van der Waals surface area contributed by atoms with Crippen LogP contribution in [-0.4, -0.2) is 14.6 Å².